The second-order valence-corrected chi connectivity index (χ2v) is 9.09. The van der Waals surface area contributed by atoms with Gasteiger partial charge in [-0.2, -0.15) is 0 Å². The van der Waals surface area contributed by atoms with Gasteiger partial charge >= 0.3 is 13.6 Å². The number of benzene rings is 2. The van der Waals surface area contributed by atoms with Gasteiger partial charge in [-0.3, -0.25) is 4.57 Å². The van der Waals surface area contributed by atoms with Crippen LogP contribution in [0.15, 0.2) is 66.1 Å². The van der Waals surface area contributed by atoms with Crippen LogP contribution >= 0.6 is 19.4 Å². The van der Waals surface area contributed by atoms with Gasteiger partial charge in [-0.05, 0) is 43.7 Å². The van der Waals surface area contributed by atoms with Crippen molar-refractivity contribution in [3.05, 3.63) is 66.7 Å². The van der Waals surface area contributed by atoms with Crippen molar-refractivity contribution in [1.29, 1.82) is 0 Å². The molecule has 0 aliphatic carbocycles. The Bertz CT molecular complexity index is 848. The highest BCUT2D eigenvalue weighted by Gasteiger charge is 2.23. The molecule has 0 saturated heterocycles. The molecule has 2 amide bonds. The van der Waals surface area contributed by atoms with E-state index in [-0.39, 0.29) is 12.2 Å². The zero-order valence-electron chi connectivity index (χ0n) is 16.7. The Morgan fingerprint density at radius 2 is 1.72 bits per heavy atom. The maximum absolute atomic E-state index is 12.6. The van der Waals surface area contributed by atoms with Crippen LogP contribution in [0.3, 0.4) is 0 Å². The summed E-state index contributed by atoms with van der Waals surface area (Å²) in [4.78, 5) is 13.3. The Hall–Kier alpha value is -2.05. The third kappa shape index (κ3) is 7.71. The Balaban J connectivity index is 1.98. The fourth-order valence-corrected chi connectivity index (χ4v) is 5.02. The number of rotatable bonds is 11. The highest BCUT2D eigenvalue weighted by molar-refractivity contribution is 7.99. The first-order chi connectivity index (χ1) is 14.0. The van der Waals surface area contributed by atoms with Crippen molar-refractivity contribution in [3.8, 4) is 0 Å². The molecule has 0 aliphatic rings. The summed E-state index contributed by atoms with van der Waals surface area (Å²) in [6.45, 7) is 7.93. The molecule has 2 aromatic rings. The summed E-state index contributed by atoms with van der Waals surface area (Å²) < 4.78 is 23.3. The van der Waals surface area contributed by atoms with Gasteiger partial charge < -0.3 is 19.7 Å². The van der Waals surface area contributed by atoms with Crippen molar-refractivity contribution in [1.82, 2.24) is 0 Å². The number of amides is 2. The minimum Gasteiger partial charge on any atom is -0.309 e. The van der Waals surface area contributed by atoms with Gasteiger partial charge in [-0.25, -0.2) is 4.79 Å². The van der Waals surface area contributed by atoms with E-state index < -0.39 is 7.60 Å². The van der Waals surface area contributed by atoms with Gasteiger partial charge in [-0.15, -0.1) is 18.3 Å². The summed E-state index contributed by atoms with van der Waals surface area (Å²) >= 11 is 1.60. The summed E-state index contributed by atoms with van der Waals surface area (Å²) in [7, 11) is -3.15. The molecule has 6 nitrogen and oxygen atoms in total. The van der Waals surface area contributed by atoms with E-state index in [2.05, 4.69) is 17.2 Å². The maximum atomic E-state index is 12.6. The van der Waals surface area contributed by atoms with Gasteiger partial charge in [0, 0.05) is 16.3 Å². The highest BCUT2D eigenvalue weighted by Crippen LogP contribution is 2.51. The SMILES string of the molecule is C=CCSc1ccccc1NC(=O)Nc1ccc(CP(=O)(OCC)OCC)cc1. The molecule has 0 aromatic heterocycles. The number of para-hydroxylation sites is 1. The molecular formula is C21H27N2O4PS. The first-order valence-electron chi connectivity index (χ1n) is 9.37. The highest BCUT2D eigenvalue weighted by atomic mass is 32.2. The van der Waals surface area contributed by atoms with Crippen LogP contribution in [0.4, 0.5) is 16.2 Å². The average Bonchev–Trinajstić information content (AvgIpc) is 2.69. The molecule has 0 atom stereocenters. The topological polar surface area (TPSA) is 76.7 Å². The van der Waals surface area contributed by atoms with Crippen molar-refractivity contribution in [3.63, 3.8) is 0 Å². The van der Waals surface area contributed by atoms with Crippen molar-refractivity contribution < 1.29 is 18.4 Å². The van der Waals surface area contributed by atoms with Gasteiger partial charge in [0.15, 0.2) is 0 Å². The quantitative estimate of drug-likeness (QED) is 0.244. The minimum absolute atomic E-state index is 0.190. The Morgan fingerprint density at radius 1 is 1.07 bits per heavy atom. The Labute approximate surface area is 176 Å². The largest absolute Gasteiger partial charge is 0.335 e. The summed E-state index contributed by atoms with van der Waals surface area (Å²) in [6, 6.07) is 14.4. The van der Waals surface area contributed by atoms with Gasteiger partial charge in [0.1, 0.15) is 0 Å². The molecule has 8 heteroatoms. The summed E-state index contributed by atoms with van der Waals surface area (Å²) in [6.07, 6.45) is 2.01. The second-order valence-electron chi connectivity index (χ2n) is 5.98. The van der Waals surface area contributed by atoms with E-state index in [1.165, 1.54) is 0 Å². The third-order valence-corrected chi connectivity index (χ3v) is 6.86. The van der Waals surface area contributed by atoms with Crippen LogP contribution in [-0.2, 0) is 19.8 Å². The fraction of sp³-hybridized carbons (Fsp3) is 0.286. The molecule has 0 saturated carbocycles. The average molecular weight is 434 g/mol. The lowest BCUT2D eigenvalue weighted by Gasteiger charge is -2.17. The molecule has 29 heavy (non-hydrogen) atoms. The first kappa shape index (κ1) is 23.2. The van der Waals surface area contributed by atoms with Crippen LogP contribution in [0.25, 0.3) is 0 Å². The number of hydrogen-bond acceptors (Lipinski definition) is 5. The van der Waals surface area contributed by atoms with E-state index in [0.29, 0.717) is 18.9 Å². The van der Waals surface area contributed by atoms with Crippen molar-refractivity contribution in [2.24, 2.45) is 0 Å². The smallest absolute Gasteiger partial charge is 0.309 e. The lowest BCUT2D eigenvalue weighted by molar-refractivity contribution is 0.219. The molecule has 0 unspecified atom stereocenters. The molecule has 0 fully saturated rings. The van der Waals surface area contributed by atoms with Crippen LogP contribution in [0, 0.1) is 0 Å². The van der Waals surface area contributed by atoms with Gasteiger partial charge in [0.2, 0.25) is 0 Å². The van der Waals surface area contributed by atoms with Crippen LogP contribution in [0.5, 0.6) is 0 Å². The third-order valence-electron chi connectivity index (χ3n) is 3.73. The molecule has 0 bridgehead atoms. The molecule has 0 heterocycles. The predicted octanol–water partition coefficient (Wildman–Crippen LogP) is 6.37. The van der Waals surface area contributed by atoms with E-state index in [9.17, 15) is 9.36 Å². The molecule has 0 aliphatic heterocycles. The van der Waals surface area contributed by atoms with Crippen LogP contribution in [-0.4, -0.2) is 25.0 Å². The monoisotopic (exact) mass is 434 g/mol. The van der Waals surface area contributed by atoms with E-state index in [1.54, 1.807) is 49.9 Å². The summed E-state index contributed by atoms with van der Waals surface area (Å²) in [5.74, 6) is 0.759. The number of thioether (sulfide) groups is 1. The number of nitrogens with one attached hydrogen (secondary N) is 2. The lowest BCUT2D eigenvalue weighted by Crippen LogP contribution is -2.19. The first-order valence-corrected chi connectivity index (χ1v) is 12.1. The van der Waals surface area contributed by atoms with Crippen LogP contribution in [0.1, 0.15) is 19.4 Å². The number of hydrogen-bond donors (Lipinski definition) is 2. The zero-order valence-corrected chi connectivity index (χ0v) is 18.4. The van der Waals surface area contributed by atoms with Crippen LogP contribution in [0.2, 0.25) is 0 Å². The van der Waals surface area contributed by atoms with E-state index >= 15 is 0 Å². The van der Waals surface area contributed by atoms with Gasteiger partial charge in [0.05, 0.1) is 25.1 Å². The normalized spacial score (nSPS) is 11.1. The second kappa shape index (κ2) is 11.8. The molecule has 2 N–H and O–H groups in total. The standard InChI is InChI=1S/C21H27N2O4PS/c1-4-15-29-20-10-8-7-9-19(20)23-21(24)22-18-13-11-17(12-14-18)16-28(25,26-5-2)27-6-3/h4,7-14H,1,5-6,15-16H2,2-3H3,(H2,22,23,24). The molecule has 0 radical (unpaired) electrons. The molecule has 2 rings (SSSR count). The van der Waals surface area contributed by atoms with Crippen molar-refractivity contribution in [2.45, 2.75) is 24.9 Å². The number of carbonyl (C=O) groups is 1. The Morgan fingerprint density at radius 3 is 2.34 bits per heavy atom. The zero-order chi connectivity index (χ0) is 21.1. The minimum atomic E-state index is -3.15. The summed E-state index contributed by atoms with van der Waals surface area (Å²) in [5.41, 5.74) is 2.18. The van der Waals surface area contributed by atoms with Gasteiger partial charge in [-0.1, -0.05) is 30.3 Å². The predicted molar refractivity (Wildman–Crippen MR) is 121 cm³/mol. The lowest BCUT2D eigenvalue weighted by atomic mass is 10.2. The maximum Gasteiger partial charge on any atom is 0.335 e. The van der Waals surface area contributed by atoms with Gasteiger partial charge in [0.25, 0.3) is 0 Å². The Kier molecular flexibility index (Phi) is 9.48. The van der Waals surface area contributed by atoms with Crippen LogP contribution < -0.4 is 10.6 Å². The van der Waals surface area contributed by atoms with E-state index in [4.69, 9.17) is 9.05 Å². The number of anilines is 2. The van der Waals surface area contributed by atoms with E-state index in [0.717, 1.165) is 21.9 Å². The fourth-order valence-electron chi connectivity index (χ4n) is 2.57. The molecule has 156 valence electrons. The number of urea groups is 1. The molecule has 2 aromatic carbocycles. The van der Waals surface area contributed by atoms with Crippen molar-refractivity contribution >= 4 is 36.8 Å². The van der Waals surface area contributed by atoms with Crippen molar-refractivity contribution in [2.75, 3.05) is 29.6 Å². The molecular weight excluding hydrogens is 407 g/mol. The number of carbonyl (C=O) groups excluding carboxylic acids is 1. The molecule has 0 spiro atoms. The van der Waals surface area contributed by atoms with E-state index in [1.807, 2.05) is 30.3 Å². The summed E-state index contributed by atoms with van der Waals surface area (Å²) in [5, 5.41) is 5.67.